The first-order valence-corrected chi connectivity index (χ1v) is 9.34. The van der Waals surface area contributed by atoms with Crippen LogP contribution in [0.5, 0.6) is 0 Å². The molecule has 1 atom stereocenters. The maximum atomic E-state index is 13.2. The Hall–Kier alpha value is -2.57. The van der Waals surface area contributed by atoms with Crippen molar-refractivity contribution in [2.24, 2.45) is 0 Å². The van der Waals surface area contributed by atoms with Crippen molar-refractivity contribution < 1.29 is 4.79 Å². The van der Waals surface area contributed by atoms with E-state index in [0.717, 1.165) is 43.0 Å². The molecular formula is C19H27N5O2. The quantitative estimate of drug-likeness (QED) is 0.860. The van der Waals surface area contributed by atoms with Crippen LogP contribution in [-0.2, 0) is 6.54 Å². The summed E-state index contributed by atoms with van der Waals surface area (Å²) in [4.78, 5) is 26.9. The van der Waals surface area contributed by atoms with Crippen LogP contribution in [0.4, 0.5) is 5.69 Å². The van der Waals surface area contributed by atoms with Gasteiger partial charge in [-0.05, 0) is 45.7 Å². The second-order valence-corrected chi connectivity index (χ2v) is 6.80. The van der Waals surface area contributed by atoms with Crippen LogP contribution in [0.25, 0.3) is 0 Å². The third kappa shape index (κ3) is 3.52. The third-order valence-corrected chi connectivity index (χ3v) is 4.95. The van der Waals surface area contributed by atoms with E-state index in [1.165, 1.54) is 0 Å². The fourth-order valence-corrected chi connectivity index (χ4v) is 3.67. The van der Waals surface area contributed by atoms with E-state index in [1.54, 1.807) is 4.57 Å². The van der Waals surface area contributed by atoms with Gasteiger partial charge in [-0.3, -0.25) is 9.36 Å². The highest BCUT2D eigenvalue weighted by molar-refractivity contribution is 6.00. The molecule has 7 heteroatoms. The Labute approximate surface area is 153 Å². The average Bonchev–Trinajstić information content (AvgIpc) is 3.03. The standard InChI is InChI=1S/C19H27N5O2/c1-4-20-16-9-8-13(3)11-15(16)18(25)23-10-6-7-14(12-23)17-21-22-19(26)24(17)5-2/h8-9,11,14,20H,4-7,10,12H2,1-3H3,(H,22,26). The Morgan fingerprint density at radius 2 is 2.19 bits per heavy atom. The molecule has 1 amide bonds. The second-order valence-electron chi connectivity index (χ2n) is 6.80. The predicted octanol–water partition coefficient (Wildman–Crippen LogP) is 2.35. The number of aryl methyl sites for hydroxylation is 1. The lowest BCUT2D eigenvalue weighted by Crippen LogP contribution is -2.40. The van der Waals surface area contributed by atoms with Crippen molar-refractivity contribution in [3.63, 3.8) is 0 Å². The lowest BCUT2D eigenvalue weighted by molar-refractivity contribution is 0.0704. The Bertz CT molecular complexity index is 839. The van der Waals surface area contributed by atoms with Crippen molar-refractivity contribution in [1.82, 2.24) is 19.7 Å². The summed E-state index contributed by atoms with van der Waals surface area (Å²) in [5.41, 5.74) is 2.47. The first-order valence-electron chi connectivity index (χ1n) is 9.34. The number of piperidine rings is 1. The van der Waals surface area contributed by atoms with Crippen LogP contribution >= 0.6 is 0 Å². The number of hydrogen-bond acceptors (Lipinski definition) is 4. The number of hydrogen-bond donors (Lipinski definition) is 2. The molecule has 0 saturated carbocycles. The summed E-state index contributed by atoms with van der Waals surface area (Å²) in [7, 11) is 0. The van der Waals surface area contributed by atoms with Crippen LogP contribution in [-0.4, -0.2) is 45.2 Å². The number of benzene rings is 1. The summed E-state index contributed by atoms with van der Waals surface area (Å²) in [5.74, 6) is 0.875. The topological polar surface area (TPSA) is 83.0 Å². The van der Waals surface area contributed by atoms with Gasteiger partial charge < -0.3 is 10.2 Å². The smallest absolute Gasteiger partial charge is 0.343 e. The van der Waals surface area contributed by atoms with Gasteiger partial charge in [-0.2, -0.15) is 5.10 Å². The number of aromatic amines is 1. The van der Waals surface area contributed by atoms with Crippen molar-refractivity contribution in [3.05, 3.63) is 45.6 Å². The summed E-state index contributed by atoms with van der Waals surface area (Å²) in [6.07, 6.45) is 1.84. The van der Waals surface area contributed by atoms with E-state index >= 15 is 0 Å². The van der Waals surface area contributed by atoms with Gasteiger partial charge >= 0.3 is 5.69 Å². The zero-order valence-electron chi connectivity index (χ0n) is 15.7. The lowest BCUT2D eigenvalue weighted by atomic mass is 9.96. The normalized spacial score (nSPS) is 17.3. The van der Waals surface area contributed by atoms with Gasteiger partial charge in [0.2, 0.25) is 0 Å². The van der Waals surface area contributed by atoms with Crippen molar-refractivity contribution >= 4 is 11.6 Å². The number of amides is 1. The molecule has 1 fully saturated rings. The fourth-order valence-electron chi connectivity index (χ4n) is 3.67. The number of carbonyl (C=O) groups is 1. The third-order valence-electron chi connectivity index (χ3n) is 4.95. The molecule has 0 aliphatic carbocycles. The zero-order valence-corrected chi connectivity index (χ0v) is 15.7. The molecule has 3 rings (SSSR count). The van der Waals surface area contributed by atoms with E-state index < -0.39 is 0 Å². The summed E-state index contributed by atoms with van der Waals surface area (Å²) in [6, 6.07) is 5.92. The Morgan fingerprint density at radius 3 is 2.92 bits per heavy atom. The molecule has 0 spiro atoms. The second kappa shape index (κ2) is 7.76. The van der Waals surface area contributed by atoms with Crippen molar-refractivity contribution in [2.75, 3.05) is 25.0 Å². The van der Waals surface area contributed by atoms with E-state index in [-0.39, 0.29) is 17.5 Å². The van der Waals surface area contributed by atoms with E-state index in [9.17, 15) is 9.59 Å². The molecule has 26 heavy (non-hydrogen) atoms. The number of carbonyl (C=O) groups excluding carboxylic acids is 1. The number of anilines is 1. The van der Waals surface area contributed by atoms with Crippen LogP contribution in [0, 0.1) is 6.92 Å². The van der Waals surface area contributed by atoms with Crippen LogP contribution in [0.3, 0.4) is 0 Å². The minimum atomic E-state index is -0.181. The molecule has 0 radical (unpaired) electrons. The van der Waals surface area contributed by atoms with Gasteiger partial charge in [0, 0.05) is 37.8 Å². The van der Waals surface area contributed by atoms with Crippen molar-refractivity contribution in [2.45, 2.75) is 46.1 Å². The zero-order chi connectivity index (χ0) is 18.7. The van der Waals surface area contributed by atoms with Crippen molar-refractivity contribution in [1.29, 1.82) is 0 Å². The highest BCUT2D eigenvalue weighted by Crippen LogP contribution is 2.27. The Morgan fingerprint density at radius 1 is 1.38 bits per heavy atom. The SMILES string of the molecule is CCNc1ccc(C)cc1C(=O)N1CCCC(c2n[nH]c(=O)n2CC)C1. The first-order chi connectivity index (χ1) is 12.5. The van der Waals surface area contributed by atoms with Gasteiger partial charge in [-0.25, -0.2) is 9.89 Å². The maximum Gasteiger partial charge on any atom is 0.343 e. The molecule has 1 aliphatic rings. The minimum Gasteiger partial charge on any atom is -0.385 e. The van der Waals surface area contributed by atoms with Gasteiger partial charge in [0.05, 0.1) is 5.56 Å². The van der Waals surface area contributed by atoms with Crippen LogP contribution in [0.2, 0.25) is 0 Å². The van der Waals surface area contributed by atoms with Crippen LogP contribution < -0.4 is 11.0 Å². The lowest BCUT2D eigenvalue weighted by Gasteiger charge is -2.33. The molecule has 1 aromatic carbocycles. The highest BCUT2D eigenvalue weighted by Gasteiger charge is 2.29. The summed E-state index contributed by atoms with van der Waals surface area (Å²) in [6.45, 7) is 8.61. The van der Waals surface area contributed by atoms with Gasteiger partial charge in [0.1, 0.15) is 5.82 Å². The Kier molecular flexibility index (Phi) is 5.44. The number of rotatable bonds is 5. The minimum absolute atomic E-state index is 0.0373. The molecule has 7 nitrogen and oxygen atoms in total. The number of H-pyrrole nitrogens is 1. The summed E-state index contributed by atoms with van der Waals surface area (Å²) < 4.78 is 1.66. The number of likely N-dealkylation sites (tertiary alicyclic amines) is 1. The summed E-state index contributed by atoms with van der Waals surface area (Å²) >= 11 is 0. The average molecular weight is 357 g/mol. The predicted molar refractivity (Wildman–Crippen MR) is 102 cm³/mol. The Balaban J connectivity index is 1.85. The maximum absolute atomic E-state index is 13.2. The van der Waals surface area contributed by atoms with E-state index in [0.29, 0.717) is 18.7 Å². The molecule has 1 aliphatic heterocycles. The molecule has 2 heterocycles. The molecule has 1 aromatic heterocycles. The summed E-state index contributed by atoms with van der Waals surface area (Å²) in [5, 5.41) is 10.0. The molecule has 0 bridgehead atoms. The van der Waals surface area contributed by atoms with E-state index in [1.807, 2.05) is 43.9 Å². The number of nitrogens with one attached hydrogen (secondary N) is 2. The van der Waals surface area contributed by atoms with E-state index in [4.69, 9.17) is 0 Å². The molecule has 140 valence electrons. The van der Waals surface area contributed by atoms with Gasteiger partial charge in [-0.15, -0.1) is 0 Å². The van der Waals surface area contributed by atoms with Crippen LogP contribution in [0.15, 0.2) is 23.0 Å². The molecular weight excluding hydrogens is 330 g/mol. The van der Waals surface area contributed by atoms with Crippen LogP contribution in [0.1, 0.15) is 54.4 Å². The fraction of sp³-hybridized carbons (Fsp3) is 0.526. The van der Waals surface area contributed by atoms with E-state index in [2.05, 4.69) is 15.5 Å². The van der Waals surface area contributed by atoms with Gasteiger partial charge in [0.15, 0.2) is 0 Å². The highest BCUT2D eigenvalue weighted by atomic mass is 16.2. The van der Waals surface area contributed by atoms with Gasteiger partial charge in [-0.1, -0.05) is 11.6 Å². The van der Waals surface area contributed by atoms with Crippen molar-refractivity contribution in [3.8, 4) is 0 Å². The monoisotopic (exact) mass is 357 g/mol. The molecule has 2 aromatic rings. The largest absolute Gasteiger partial charge is 0.385 e. The molecule has 1 saturated heterocycles. The first kappa shape index (κ1) is 18.2. The number of aromatic nitrogens is 3. The number of nitrogens with zero attached hydrogens (tertiary/aromatic N) is 3. The van der Waals surface area contributed by atoms with Gasteiger partial charge in [0.25, 0.3) is 5.91 Å². The molecule has 1 unspecified atom stereocenters. The molecule has 2 N–H and O–H groups in total.